The highest BCUT2D eigenvalue weighted by molar-refractivity contribution is 6.34. The molecule has 0 radical (unpaired) electrons. The van der Waals surface area contributed by atoms with Gasteiger partial charge in [0.1, 0.15) is 5.82 Å². The summed E-state index contributed by atoms with van der Waals surface area (Å²) in [6, 6.07) is 11.4. The Morgan fingerprint density at radius 3 is 2.28 bits per heavy atom. The first-order valence-electron chi connectivity index (χ1n) is 5.51. The molecule has 94 valence electrons. The Bertz CT molecular complexity index is 537. The Morgan fingerprint density at radius 2 is 1.67 bits per heavy atom. The first-order chi connectivity index (χ1) is 8.56. The van der Waals surface area contributed by atoms with E-state index in [9.17, 15) is 4.39 Å². The van der Waals surface area contributed by atoms with E-state index in [1.807, 2.05) is 0 Å². The lowest BCUT2D eigenvalue weighted by atomic mass is 9.99. The molecule has 0 saturated carbocycles. The van der Waals surface area contributed by atoms with Crippen LogP contribution in [0.2, 0.25) is 10.0 Å². The summed E-state index contributed by atoms with van der Waals surface area (Å²) in [5.74, 6) is -0.249. The highest BCUT2D eigenvalue weighted by Gasteiger charge is 2.11. The molecule has 0 aliphatic heterocycles. The van der Waals surface area contributed by atoms with Crippen LogP contribution in [0.5, 0.6) is 0 Å². The summed E-state index contributed by atoms with van der Waals surface area (Å²) in [6.45, 7) is 0. The van der Waals surface area contributed by atoms with Crippen molar-refractivity contribution in [2.75, 3.05) is 0 Å². The van der Waals surface area contributed by atoms with Gasteiger partial charge in [-0.15, -0.1) is 0 Å². The molecule has 4 heteroatoms. The summed E-state index contributed by atoms with van der Waals surface area (Å²) in [5, 5.41) is 1.06. The Labute approximate surface area is 115 Å². The monoisotopic (exact) mass is 283 g/mol. The molecule has 1 nitrogen and oxygen atoms in total. The molecule has 18 heavy (non-hydrogen) atoms. The quantitative estimate of drug-likeness (QED) is 0.889. The predicted molar refractivity (Wildman–Crippen MR) is 73.5 cm³/mol. The molecule has 0 aromatic heterocycles. The van der Waals surface area contributed by atoms with Crippen LogP contribution >= 0.6 is 23.2 Å². The minimum atomic E-state index is -0.335. The van der Waals surface area contributed by atoms with E-state index >= 15 is 0 Å². The molecular weight excluding hydrogens is 272 g/mol. The van der Waals surface area contributed by atoms with E-state index in [1.54, 1.807) is 36.4 Å². The summed E-state index contributed by atoms with van der Waals surface area (Å²) in [6.07, 6.45) is 0.406. The van der Waals surface area contributed by atoms with E-state index in [0.29, 0.717) is 22.0 Å². The van der Waals surface area contributed by atoms with Gasteiger partial charge in [0.15, 0.2) is 0 Å². The van der Waals surface area contributed by atoms with Crippen LogP contribution in [0.15, 0.2) is 42.5 Å². The number of hydrogen-bond donors (Lipinski definition) is 1. The van der Waals surface area contributed by atoms with Gasteiger partial charge in [-0.05, 0) is 41.8 Å². The highest BCUT2D eigenvalue weighted by Crippen LogP contribution is 2.25. The molecule has 0 aliphatic carbocycles. The molecule has 2 aromatic rings. The van der Waals surface area contributed by atoms with E-state index in [-0.39, 0.29) is 11.9 Å². The van der Waals surface area contributed by atoms with Crippen molar-refractivity contribution in [2.24, 2.45) is 5.73 Å². The van der Waals surface area contributed by atoms with Crippen LogP contribution in [0, 0.1) is 5.82 Å². The van der Waals surface area contributed by atoms with Crippen LogP contribution in [-0.2, 0) is 6.42 Å². The third-order valence-electron chi connectivity index (χ3n) is 2.71. The van der Waals surface area contributed by atoms with Gasteiger partial charge in [0.25, 0.3) is 0 Å². The first kappa shape index (κ1) is 13.3. The maximum absolute atomic E-state index is 13.5. The van der Waals surface area contributed by atoms with Crippen LogP contribution in [0.1, 0.15) is 17.2 Å². The zero-order valence-corrected chi connectivity index (χ0v) is 11.0. The maximum atomic E-state index is 13.5. The van der Waals surface area contributed by atoms with E-state index in [4.69, 9.17) is 28.9 Å². The van der Waals surface area contributed by atoms with Crippen molar-refractivity contribution in [3.8, 4) is 0 Å². The van der Waals surface area contributed by atoms with Crippen LogP contribution in [0.3, 0.4) is 0 Å². The van der Waals surface area contributed by atoms with Gasteiger partial charge in [0.2, 0.25) is 0 Å². The lowest BCUT2D eigenvalue weighted by molar-refractivity contribution is 0.593. The molecule has 0 bridgehead atoms. The van der Waals surface area contributed by atoms with Crippen molar-refractivity contribution < 1.29 is 4.39 Å². The molecule has 0 spiro atoms. The molecule has 0 amide bonds. The van der Waals surface area contributed by atoms with Crippen molar-refractivity contribution in [1.29, 1.82) is 0 Å². The van der Waals surface area contributed by atoms with Crippen molar-refractivity contribution in [3.63, 3.8) is 0 Å². The van der Waals surface area contributed by atoms with Gasteiger partial charge >= 0.3 is 0 Å². The minimum absolute atomic E-state index is 0.249. The van der Waals surface area contributed by atoms with Crippen molar-refractivity contribution >= 4 is 23.2 Å². The molecule has 0 heterocycles. The summed E-state index contributed by atoms with van der Waals surface area (Å²) >= 11 is 11.8. The SMILES string of the molecule is NC(Cc1ccccc1F)c1cc(Cl)cc(Cl)c1. The Kier molecular flexibility index (Phi) is 4.23. The smallest absolute Gasteiger partial charge is 0.126 e. The molecular formula is C14H12Cl2FN. The van der Waals surface area contributed by atoms with E-state index in [0.717, 1.165) is 5.56 Å². The van der Waals surface area contributed by atoms with Gasteiger partial charge in [0.05, 0.1) is 0 Å². The largest absolute Gasteiger partial charge is 0.324 e. The zero-order valence-electron chi connectivity index (χ0n) is 9.54. The predicted octanol–water partition coefficient (Wildman–Crippen LogP) is 4.38. The van der Waals surface area contributed by atoms with Crippen molar-refractivity contribution in [3.05, 3.63) is 69.5 Å². The van der Waals surface area contributed by atoms with Crippen molar-refractivity contribution in [2.45, 2.75) is 12.5 Å². The van der Waals surface area contributed by atoms with E-state index < -0.39 is 0 Å². The number of rotatable bonds is 3. The molecule has 1 unspecified atom stereocenters. The Hall–Kier alpha value is -1.09. The molecule has 0 saturated heterocycles. The van der Waals surface area contributed by atoms with E-state index in [2.05, 4.69) is 0 Å². The standard InChI is InChI=1S/C14H12Cl2FN/c15-11-5-10(6-12(16)8-11)14(18)7-9-3-1-2-4-13(9)17/h1-6,8,14H,7,18H2. The lowest BCUT2D eigenvalue weighted by Gasteiger charge is -2.13. The van der Waals surface area contributed by atoms with Crippen LogP contribution in [-0.4, -0.2) is 0 Å². The summed E-state index contributed by atoms with van der Waals surface area (Å²) in [7, 11) is 0. The molecule has 2 N–H and O–H groups in total. The number of halogens is 3. The normalized spacial score (nSPS) is 12.4. The minimum Gasteiger partial charge on any atom is -0.324 e. The second-order valence-corrected chi connectivity index (χ2v) is 4.98. The van der Waals surface area contributed by atoms with Gasteiger partial charge in [0, 0.05) is 16.1 Å². The third kappa shape index (κ3) is 3.22. The van der Waals surface area contributed by atoms with Crippen LogP contribution < -0.4 is 5.73 Å². The topological polar surface area (TPSA) is 26.0 Å². The van der Waals surface area contributed by atoms with Crippen molar-refractivity contribution in [1.82, 2.24) is 0 Å². The summed E-state index contributed by atoms with van der Waals surface area (Å²) in [5.41, 5.74) is 7.44. The average Bonchev–Trinajstić information content (AvgIpc) is 2.31. The first-order valence-corrected chi connectivity index (χ1v) is 6.27. The average molecular weight is 284 g/mol. The molecule has 1 atom stereocenters. The van der Waals surface area contributed by atoms with Gasteiger partial charge in [-0.2, -0.15) is 0 Å². The van der Waals surface area contributed by atoms with Gasteiger partial charge in [-0.3, -0.25) is 0 Å². The fourth-order valence-electron chi connectivity index (χ4n) is 1.81. The second kappa shape index (κ2) is 5.70. The van der Waals surface area contributed by atoms with Gasteiger partial charge in [-0.1, -0.05) is 41.4 Å². The maximum Gasteiger partial charge on any atom is 0.126 e. The highest BCUT2D eigenvalue weighted by atomic mass is 35.5. The number of nitrogens with two attached hydrogens (primary N) is 1. The van der Waals surface area contributed by atoms with E-state index in [1.165, 1.54) is 6.07 Å². The van der Waals surface area contributed by atoms with Gasteiger partial charge < -0.3 is 5.73 Å². The zero-order chi connectivity index (χ0) is 13.1. The molecule has 2 aromatic carbocycles. The van der Waals surface area contributed by atoms with Crippen LogP contribution in [0.4, 0.5) is 4.39 Å². The molecule has 0 aliphatic rings. The molecule has 0 fully saturated rings. The Balaban J connectivity index is 2.22. The third-order valence-corrected chi connectivity index (χ3v) is 3.15. The molecule has 2 rings (SSSR count). The fraction of sp³-hybridized carbons (Fsp3) is 0.143. The fourth-order valence-corrected chi connectivity index (χ4v) is 2.35. The second-order valence-electron chi connectivity index (χ2n) is 4.10. The van der Waals surface area contributed by atoms with Gasteiger partial charge in [-0.25, -0.2) is 4.39 Å². The Morgan fingerprint density at radius 1 is 1.06 bits per heavy atom. The number of hydrogen-bond acceptors (Lipinski definition) is 1. The lowest BCUT2D eigenvalue weighted by Crippen LogP contribution is -2.14. The van der Waals surface area contributed by atoms with Crippen LogP contribution in [0.25, 0.3) is 0 Å². The summed E-state index contributed by atoms with van der Waals surface area (Å²) in [4.78, 5) is 0. The number of benzene rings is 2. The summed E-state index contributed by atoms with van der Waals surface area (Å²) < 4.78 is 13.5.